The van der Waals surface area contributed by atoms with Gasteiger partial charge in [0.1, 0.15) is 0 Å². The number of benzene rings is 1. The van der Waals surface area contributed by atoms with E-state index >= 15 is 0 Å². The number of hydrogen-bond donors (Lipinski definition) is 1. The van der Waals surface area contributed by atoms with Crippen molar-refractivity contribution in [2.75, 3.05) is 4.72 Å². The standard InChI is InChI=1S/C14H12ClN5O2S/c1-20-9-10(8-17-20)13-6-7-16-14(18-13)19-23(21,22)12-4-2-11(15)3-5-12/h2-9H,1H3,(H,16,18,19). The SMILES string of the molecule is Cn1cc(-c2ccnc(NS(=O)(=O)c3ccc(Cl)cc3)n2)cn1. The van der Waals surface area contributed by atoms with Crippen molar-refractivity contribution in [3.05, 3.63) is 53.9 Å². The summed E-state index contributed by atoms with van der Waals surface area (Å²) in [5.41, 5.74) is 1.34. The average Bonchev–Trinajstić information content (AvgIpc) is 2.94. The third-order valence-corrected chi connectivity index (χ3v) is 4.60. The van der Waals surface area contributed by atoms with Crippen LogP contribution < -0.4 is 4.72 Å². The van der Waals surface area contributed by atoms with Gasteiger partial charge in [-0.3, -0.25) is 4.68 Å². The Morgan fingerprint density at radius 1 is 1.17 bits per heavy atom. The summed E-state index contributed by atoms with van der Waals surface area (Å²) in [6.07, 6.45) is 4.90. The molecule has 1 N–H and O–H groups in total. The van der Waals surface area contributed by atoms with Crippen LogP contribution in [0.5, 0.6) is 0 Å². The van der Waals surface area contributed by atoms with Gasteiger partial charge in [0.25, 0.3) is 10.0 Å². The topological polar surface area (TPSA) is 89.8 Å². The van der Waals surface area contributed by atoms with Gasteiger partial charge in [-0.25, -0.2) is 23.1 Å². The molecule has 3 aromatic rings. The lowest BCUT2D eigenvalue weighted by Crippen LogP contribution is -2.15. The number of halogens is 1. The summed E-state index contributed by atoms with van der Waals surface area (Å²) in [7, 11) is -1.99. The number of nitrogens with zero attached hydrogens (tertiary/aromatic N) is 4. The molecule has 3 rings (SSSR count). The third kappa shape index (κ3) is 3.49. The van der Waals surface area contributed by atoms with Crippen LogP contribution >= 0.6 is 11.6 Å². The van der Waals surface area contributed by atoms with Crippen molar-refractivity contribution < 1.29 is 8.42 Å². The van der Waals surface area contributed by atoms with E-state index in [4.69, 9.17) is 11.6 Å². The summed E-state index contributed by atoms with van der Waals surface area (Å²) in [6, 6.07) is 7.51. The van der Waals surface area contributed by atoms with Gasteiger partial charge < -0.3 is 0 Å². The molecular weight excluding hydrogens is 338 g/mol. The minimum absolute atomic E-state index is 0.0127. The van der Waals surface area contributed by atoms with E-state index in [1.54, 1.807) is 30.2 Å². The maximum absolute atomic E-state index is 12.3. The number of aromatic nitrogens is 4. The van der Waals surface area contributed by atoms with E-state index in [2.05, 4.69) is 19.8 Å². The Hall–Kier alpha value is -2.45. The van der Waals surface area contributed by atoms with Crippen LogP contribution in [0.4, 0.5) is 5.95 Å². The van der Waals surface area contributed by atoms with Crippen LogP contribution in [0.2, 0.25) is 5.02 Å². The predicted octanol–water partition coefficient (Wildman–Crippen LogP) is 2.33. The first kappa shape index (κ1) is 15.4. The van der Waals surface area contributed by atoms with E-state index in [-0.39, 0.29) is 10.8 Å². The molecule has 23 heavy (non-hydrogen) atoms. The molecule has 0 atom stereocenters. The molecule has 0 fully saturated rings. The number of nitrogens with one attached hydrogen (secondary N) is 1. The molecule has 0 radical (unpaired) electrons. The van der Waals surface area contributed by atoms with Crippen molar-refractivity contribution in [1.82, 2.24) is 19.7 Å². The lowest BCUT2D eigenvalue weighted by Gasteiger charge is -2.07. The van der Waals surface area contributed by atoms with Gasteiger partial charge in [-0.1, -0.05) is 11.6 Å². The monoisotopic (exact) mass is 349 g/mol. The Balaban J connectivity index is 1.89. The second-order valence-corrected chi connectivity index (χ2v) is 6.85. The third-order valence-electron chi connectivity index (χ3n) is 3.01. The summed E-state index contributed by atoms with van der Waals surface area (Å²) < 4.78 is 28.6. The lowest BCUT2D eigenvalue weighted by atomic mass is 10.2. The van der Waals surface area contributed by atoms with Gasteiger partial charge in [-0.05, 0) is 30.3 Å². The van der Waals surface area contributed by atoms with Crippen LogP contribution in [0.1, 0.15) is 0 Å². The van der Waals surface area contributed by atoms with E-state index in [1.165, 1.54) is 30.5 Å². The van der Waals surface area contributed by atoms with Crippen LogP contribution in [0.25, 0.3) is 11.3 Å². The van der Waals surface area contributed by atoms with Crippen molar-refractivity contribution in [2.45, 2.75) is 4.90 Å². The second-order valence-electron chi connectivity index (χ2n) is 4.73. The van der Waals surface area contributed by atoms with Crippen LogP contribution in [0.3, 0.4) is 0 Å². The summed E-state index contributed by atoms with van der Waals surface area (Å²) >= 11 is 5.76. The molecule has 118 valence electrons. The molecule has 0 aliphatic heterocycles. The molecule has 1 aromatic carbocycles. The highest BCUT2D eigenvalue weighted by atomic mass is 35.5. The zero-order chi connectivity index (χ0) is 16.4. The molecule has 0 amide bonds. The quantitative estimate of drug-likeness (QED) is 0.780. The summed E-state index contributed by atoms with van der Waals surface area (Å²) in [6.45, 7) is 0. The molecule has 2 heterocycles. The highest BCUT2D eigenvalue weighted by molar-refractivity contribution is 7.92. The molecular formula is C14H12ClN5O2S. The molecule has 2 aromatic heterocycles. The minimum Gasteiger partial charge on any atom is -0.275 e. The van der Waals surface area contributed by atoms with Crippen LogP contribution in [-0.4, -0.2) is 28.2 Å². The molecule has 0 unspecified atom stereocenters. The number of aryl methyl sites for hydroxylation is 1. The predicted molar refractivity (Wildman–Crippen MR) is 86.5 cm³/mol. The molecule has 0 spiro atoms. The van der Waals surface area contributed by atoms with E-state index < -0.39 is 10.0 Å². The summed E-state index contributed by atoms with van der Waals surface area (Å²) in [5.74, 6) is -0.0127. The zero-order valence-electron chi connectivity index (χ0n) is 12.0. The summed E-state index contributed by atoms with van der Waals surface area (Å²) in [5, 5.41) is 4.52. The minimum atomic E-state index is -3.78. The van der Waals surface area contributed by atoms with Gasteiger partial charge in [-0.2, -0.15) is 5.10 Å². The Kier molecular flexibility index (Phi) is 4.01. The number of hydrogen-bond acceptors (Lipinski definition) is 5. The van der Waals surface area contributed by atoms with Crippen molar-refractivity contribution in [3.8, 4) is 11.3 Å². The molecule has 9 heteroatoms. The normalized spacial score (nSPS) is 11.4. The first-order valence-corrected chi connectivity index (χ1v) is 8.41. The molecule has 0 saturated heterocycles. The molecule has 0 bridgehead atoms. The van der Waals surface area contributed by atoms with Gasteiger partial charge in [0, 0.05) is 30.0 Å². The fraction of sp³-hybridized carbons (Fsp3) is 0.0714. The first-order valence-electron chi connectivity index (χ1n) is 6.54. The Labute approximate surface area is 138 Å². The van der Waals surface area contributed by atoms with Gasteiger partial charge >= 0.3 is 0 Å². The van der Waals surface area contributed by atoms with E-state index in [0.29, 0.717) is 10.7 Å². The van der Waals surface area contributed by atoms with Crippen LogP contribution in [-0.2, 0) is 17.1 Å². The largest absolute Gasteiger partial charge is 0.275 e. The Morgan fingerprint density at radius 3 is 2.57 bits per heavy atom. The molecule has 0 aliphatic rings. The maximum atomic E-state index is 12.3. The van der Waals surface area contributed by atoms with E-state index in [0.717, 1.165) is 5.56 Å². The number of sulfonamides is 1. The van der Waals surface area contributed by atoms with Gasteiger partial charge in [0.15, 0.2) is 0 Å². The highest BCUT2D eigenvalue weighted by Gasteiger charge is 2.16. The fourth-order valence-electron chi connectivity index (χ4n) is 1.91. The van der Waals surface area contributed by atoms with Crippen LogP contribution in [0.15, 0.2) is 53.8 Å². The second kappa shape index (κ2) is 5.98. The van der Waals surface area contributed by atoms with E-state index in [1.807, 2.05) is 0 Å². The average molecular weight is 350 g/mol. The van der Waals surface area contributed by atoms with Gasteiger partial charge in [0.2, 0.25) is 5.95 Å². The van der Waals surface area contributed by atoms with Gasteiger partial charge in [-0.15, -0.1) is 0 Å². The smallest absolute Gasteiger partial charge is 0.264 e. The first-order chi connectivity index (χ1) is 10.9. The highest BCUT2D eigenvalue weighted by Crippen LogP contribution is 2.19. The fourth-order valence-corrected chi connectivity index (χ4v) is 2.99. The zero-order valence-corrected chi connectivity index (χ0v) is 13.6. The Bertz CT molecular complexity index is 938. The van der Waals surface area contributed by atoms with Crippen molar-refractivity contribution in [1.29, 1.82) is 0 Å². The van der Waals surface area contributed by atoms with Crippen molar-refractivity contribution in [3.63, 3.8) is 0 Å². The van der Waals surface area contributed by atoms with Crippen molar-refractivity contribution in [2.24, 2.45) is 7.05 Å². The van der Waals surface area contributed by atoms with E-state index in [9.17, 15) is 8.42 Å². The maximum Gasteiger partial charge on any atom is 0.264 e. The molecule has 0 aliphatic carbocycles. The van der Waals surface area contributed by atoms with Crippen LogP contribution in [0, 0.1) is 0 Å². The van der Waals surface area contributed by atoms with Crippen molar-refractivity contribution >= 4 is 27.6 Å². The molecule has 7 nitrogen and oxygen atoms in total. The number of anilines is 1. The lowest BCUT2D eigenvalue weighted by molar-refractivity contribution is 0.601. The molecule has 0 saturated carbocycles. The Morgan fingerprint density at radius 2 is 1.91 bits per heavy atom. The van der Waals surface area contributed by atoms with Gasteiger partial charge in [0.05, 0.1) is 16.8 Å². The number of rotatable bonds is 4. The summed E-state index contributed by atoms with van der Waals surface area (Å²) in [4.78, 5) is 8.23.